The summed E-state index contributed by atoms with van der Waals surface area (Å²) >= 11 is 0. The largest absolute Gasteiger partial charge is 0.307 e. The van der Waals surface area contributed by atoms with E-state index in [0.29, 0.717) is 5.69 Å². The number of imidazole rings is 1. The Kier molecular flexibility index (Phi) is 2.39. The monoisotopic (exact) mass is 204 g/mol. The molecular weight excluding hydrogens is 192 g/mol. The van der Waals surface area contributed by atoms with Crippen molar-refractivity contribution in [2.45, 2.75) is 13.3 Å². The zero-order valence-corrected chi connectivity index (χ0v) is 8.40. The number of rotatable bonds is 2. The van der Waals surface area contributed by atoms with Crippen molar-refractivity contribution in [3.05, 3.63) is 35.8 Å². The third-order valence-corrected chi connectivity index (χ3v) is 2.15. The zero-order valence-electron chi connectivity index (χ0n) is 8.40. The summed E-state index contributed by atoms with van der Waals surface area (Å²) in [5.74, 6) is 4.76. The Labute approximate surface area is 86.9 Å². The van der Waals surface area contributed by atoms with Crippen molar-refractivity contribution < 1.29 is 4.79 Å². The van der Waals surface area contributed by atoms with E-state index in [9.17, 15) is 4.79 Å². The van der Waals surface area contributed by atoms with E-state index in [1.807, 2.05) is 35.9 Å². The number of nitrogens with zero attached hydrogens (tertiary/aromatic N) is 2. The molecule has 0 bridgehead atoms. The molecule has 5 heteroatoms. The molecule has 0 unspecified atom stereocenters. The highest BCUT2D eigenvalue weighted by Crippen LogP contribution is 2.07. The first-order valence-corrected chi connectivity index (χ1v) is 4.63. The van der Waals surface area contributed by atoms with Crippen molar-refractivity contribution in [3.63, 3.8) is 0 Å². The van der Waals surface area contributed by atoms with Gasteiger partial charge in [-0.25, -0.2) is 10.8 Å². The van der Waals surface area contributed by atoms with E-state index in [0.717, 1.165) is 11.2 Å². The van der Waals surface area contributed by atoms with Gasteiger partial charge in [-0.3, -0.25) is 10.2 Å². The van der Waals surface area contributed by atoms with Crippen LogP contribution in [-0.4, -0.2) is 15.3 Å². The van der Waals surface area contributed by atoms with Crippen molar-refractivity contribution in [3.8, 4) is 0 Å². The number of aryl methyl sites for hydroxylation is 1. The Morgan fingerprint density at radius 3 is 3.07 bits per heavy atom. The molecule has 0 aliphatic rings. The first kappa shape index (κ1) is 9.67. The fourth-order valence-corrected chi connectivity index (χ4v) is 1.46. The van der Waals surface area contributed by atoms with E-state index in [-0.39, 0.29) is 12.3 Å². The van der Waals surface area contributed by atoms with Crippen LogP contribution in [0.2, 0.25) is 0 Å². The second-order valence-corrected chi connectivity index (χ2v) is 3.45. The van der Waals surface area contributed by atoms with Gasteiger partial charge in [-0.2, -0.15) is 0 Å². The number of amides is 1. The Morgan fingerprint density at radius 1 is 1.53 bits per heavy atom. The first-order valence-electron chi connectivity index (χ1n) is 4.63. The molecule has 5 nitrogen and oxygen atoms in total. The number of pyridine rings is 1. The summed E-state index contributed by atoms with van der Waals surface area (Å²) in [5.41, 5.74) is 4.77. The van der Waals surface area contributed by atoms with E-state index >= 15 is 0 Å². The number of fused-ring (bicyclic) bond motifs is 1. The van der Waals surface area contributed by atoms with Crippen molar-refractivity contribution in [2.24, 2.45) is 5.84 Å². The highest BCUT2D eigenvalue weighted by Gasteiger charge is 2.05. The molecule has 0 radical (unpaired) electrons. The fourth-order valence-electron chi connectivity index (χ4n) is 1.46. The molecule has 0 atom stereocenters. The van der Waals surface area contributed by atoms with Crippen LogP contribution in [0.1, 0.15) is 11.3 Å². The van der Waals surface area contributed by atoms with E-state index < -0.39 is 0 Å². The van der Waals surface area contributed by atoms with Crippen molar-refractivity contribution >= 4 is 11.6 Å². The standard InChI is InChI=1S/C10H12N4O/c1-7-2-3-9-12-8(4-10(15)13-11)6-14(9)5-7/h2-3,5-6H,4,11H2,1H3,(H,13,15). The van der Waals surface area contributed by atoms with Gasteiger partial charge in [-0.15, -0.1) is 0 Å². The predicted octanol–water partition coefficient (Wildman–Crippen LogP) is 0.175. The van der Waals surface area contributed by atoms with Crippen LogP contribution in [0.4, 0.5) is 0 Å². The second-order valence-electron chi connectivity index (χ2n) is 3.45. The normalized spacial score (nSPS) is 10.5. The minimum Gasteiger partial charge on any atom is -0.307 e. The van der Waals surface area contributed by atoms with Gasteiger partial charge in [0.25, 0.3) is 0 Å². The van der Waals surface area contributed by atoms with Gasteiger partial charge in [-0.05, 0) is 18.6 Å². The zero-order chi connectivity index (χ0) is 10.8. The van der Waals surface area contributed by atoms with Crippen LogP contribution < -0.4 is 11.3 Å². The van der Waals surface area contributed by atoms with Gasteiger partial charge < -0.3 is 4.40 Å². The van der Waals surface area contributed by atoms with E-state index in [1.165, 1.54) is 0 Å². The summed E-state index contributed by atoms with van der Waals surface area (Å²) in [7, 11) is 0. The van der Waals surface area contributed by atoms with Gasteiger partial charge in [-0.1, -0.05) is 6.07 Å². The number of hydrogen-bond donors (Lipinski definition) is 2. The van der Waals surface area contributed by atoms with Crippen molar-refractivity contribution in [1.82, 2.24) is 14.8 Å². The van der Waals surface area contributed by atoms with Gasteiger partial charge in [0.15, 0.2) is 0 Å². The highest BCUT2D eigenvalue weighted by molar-refractivity contribution is 5.77. The number of hydrazine groups is 1. The molecule has 3 N–H and O–H groups in total. The first-order chi connectivity index (χ1) is 7.19. The van der Waals surface area contributed by atoms with Gasteiger partial charge in [0.2, 0.25) is 5.91 Å². The Bertz CT molecular complexity index is 503. The molecule has 78 valence electrons. The molecule has 0 aliphatic carbocycles. The van der Waals surface area contributed by atoms with Crippen LogP contribution in [-0.2, 0) is 11.2 Å². The smallest absolute Gasteiger partial charge is 0.239 e. The average molecular weight is 204 g/mol. The molecule has 1 amide bonds. The lowest BCUT2D eigenvalue weighted by molar-refractivity contribution is -0.120. The summed E-state index contributed by atoms with van der Waals surface area (Å²) in [4.78, 5) is 15.3. The predicted molar refractivity (Wildman–Crippen MR) is 56.0 cm³/mol. The van der Waals surface area contributed by atoms with Gasteiger partial charge in [0.1, 0.15) is 5.65 Å². The lowest BCUT2D eigenvalue weighted by Gasteiger charge is -1.93. The number of aromatic nitrogens is 2. The third-order valence-electron chi connectivity index (χ3n) is 2.15. The fraction of sp³-hybridized carbons (Fsp3) is 0.200. The molecule has 2 rings (SSSR count). The van der Waals surface area contributed by atoms with E-state index in [4.69, 9.17) is 5.84 Å². The molecule has 0 spiro atoms. The Hall–Kier alpha value is -1.88. The molecule has 0 saturated heterocycles. The lowest BCUT2D eigenvalue weighted by Crippen LogP contribution is -2.31. The molecule has 2 heterocycles. The molecule has 2 aromatic rings. The number of hydrogen-bond acceptors (Lipinski definition) is 3. The summed E-state index contributed by atoms with van der Waals surface area (Å²) in [6, 6.07) is 3.90. The van der Waals surface area contributed by atoms with Gasteiger partial charge >= 0.3 is 0 Å². The molecule has 2 aromatic heterocycles. The van der Waals surface area contributed by atoms with E-state index in [1.54, 1.807) is 0 Å². The molecular formula is C10H12N4O. The SMILES string of the molecule is Cc1ccc2nc(CC(=O)NN)cn2c1. The van der Waals surface area contributed by atoms with Crippen molar-refractivity contribution in [2.75, 3.05) is 0 Å². The molecule has 15 heavy (non-hydrogen) atoms. The highest BCUT2D eigenvalue weighted by atomic mass is 16.2. The van der Waals surface area contributed by atoms with E-state index in [2.05, 4.69) is 10.4 Å². The summed E-state index contributed by atoms with van der Waals surface area (Å²) in [5, 5.41) is 0. The average Bonchev–Trinajstić information content (AvgIpc) is 2.59. The quantitative estimate of drug-likeness (QED) is 0.416. The van der Waals surface area contributed by atoms with Crippen LogP contribution in [0, 0.1) is 6.92 Å². The maximum Gasteiger partial charge on any atom is 0.239 e. The second kappa shape index (κ2) is 3.70. The van der Waals surface area contributed by atoms with Crippen molar-refractivity contribution in [1.29, 1.82) is 0 Å². The number of nitrogens with two attached hydrogens (primary N) is 1. The molecule has 0 fully saturated rings. The maximum atomic E-state index is 11.0. The molecule has 0 aliphatic heterocycles. The molecule has 0 aromatic carbocycles. The Morgan fingerprint density at radius 2 is 2.33 bits per heavy atom. The summed E-state index contributed by atoms with van der Waals surface area (Å²) in [6.07, 6.45) is 4.00. The van der Waals surface area contributed by atoms with Crippen LogP contribution in [0.25, 0.3) is 5.65 Å². The van der Waals surface area contributed by atoms with Crippen LogP contribution in [0.15, 0.2) is 24.5 Å². The maximum absolute atomic E-state index is 11.0. The lowest BCUT2D eigenvalue weighted by atomic mass is 10.3. The Balaban J connectivity index is 2.34. The minimum atomic E-state index is -0.241. The van der Waals surface area contributed by atoms with Crippen LogP contribution in [0.5, 0.6) is 0 Å². The number of carbonyl (C=O) groups is 1. The number of nitrogens with one attached hydrogen (secondary N) is 1. The minimum absolute atomic E-state index is 0.206. The topological polar surface area (TPSA) is 72.4 Å². The summed E-state index contributed by atoms with van der Waals surface area (Å²) in [6.45, 7) is 2.01. The van der Waals surface area contributed by atoms with Crippen LogP contribution in [0.3, 0.4) is 0 Å². The van der Waals surface area contributed by atoms with Crippen LogP contribution >= 0.6 is 0 Å². The van der Waals surface area contributed by atoms with Gasteiger partial charge in [0.05, 0.1) is 12.1 Å². The molecule has 0 saturated carbocycles. The number of carbonyl (C=O) groups excluding carboxylic acids is 1. The summed E-state index contributed by atoms with van der Waals surface area (Å²) < 4.78 is 1.90. The third kappa shape index (κ3) is 1.97. The van der Waals surface area contributed by atoms with Gasteiger partial charge in [0, 0.05) is 12.4 Å².